The highest BCUT2D eigenvalue weighted by atomic mass is 16.2. The van der Waals surface area contributed by atoms with Crippen molar-refractivity contribution in [2.24, 2.45) is 0 Å². The third-order valence-corrected chi connectivity index (χ3v) is 2.29. The summed E-state index contributed by atoms with van der Waals surface area (Å²) in [7, 11) is 0. The molecule has 15 heavy (non-hydrogen) atoms. The Kier molecular flexibility index (Phi) is 2.66. The summed E-state index contributed by atoms with van der Waals surface area (Å²) >= 11 is 0. The summed E-state index contributed by atoms with van der Waals surface area (Å²) in [6, 6.07) is 3.15. The lowest BCUT2D eigenvalue weighted by Gasteiger charge is -2.22. The maximum Gasteiger partial charge on any atom is 0.242 e. The summed E-state index contributed by atoms with van der Waals surface area (Å²) < 4.78 is 0. The monoisotopic (exact) mass is 207 g/mol. The van der Waals surface area contributed by atoms with E-state index in [0.717, 1.165) is 19.4 Å². The van der Waals surface area contributed by atoms with Gasteiger partial charge in [-0.25, -0.2) is 0 Å². The molecule has 6 nitrogen and oxygen atoms in total. The van der Waals surface area contributed by atoms with E-state index >= 15 is 0 Å². The van der Waals surface area contributed by atoms with E-state index in [1.807, 2.05) is 0 Å². The summed E-state index contributed by atoms with van der Waals surface area (Å²) in [5.74, 6) is 0.958. The molecule has 1 saturated heterocycles. The Labute approximate surface area is 87.3 Å². The zero-order valence-corrected chi connectivity index (χ0v) is 8.23. The van der Waals surface area contributed by atoms with Gasteiger partial charge in [0.25, 0.3) is 0 Å². The molecule has 0 aliphatic carbocycles. The molecule has 1 unspecified atom stereocenters. The van der Waals surface area contributed by atoms with Crippen molar-refractivity contribution < 1.29 is 4.79 Å². The number of nitrogens with one attached hydrogen (secondary N) is 2. The van der Waals surface area contributed by atoms with Gasteiger partial charge in [0.1, 0.15) is 17.7 Å². The maximum atomic E-state index is 11.4. The topological polar surface area (TPSA) is 92.9 Å². The second-order valence-corrected chi connectivity index (χ2v) is 3.47. The highest BCUT2D eigenvalue weighted by molar-refractivity contribution is 5.84. The molecule has 2 rings (SSSR count). The SMILES string of the molecule is Nc1ccc(NC2CCCNC2=O)nn1. The van der Waals surface area contributed by atoms with Gasteiger partial charge in [0.2, 0.25) is 5.91 Å². The van der Waals surface area contributed by atoms with Crippen LogP contribution in [0, 0.1) is 0 Å². The molecule has 1 aromatic heterocycles. The average Bonchev–Trinajstić information content (AvgIpc) is 2.25. The lowest BCUT2D eigenvalue weighted by molar-refractivity contribution is -0.123. The Bertz CT molecular complexity index is 350. The summed E-state index contributed by atoms with van der Waals surface area (Å²) in [6.07, 6.45) is 1.80. The van der Waals surface area contributed by atoms with Gasteiger partial charge >= 0.3 is 0 Å². The molecule has 80 valence electrons. The van der Waals surface area contributed by atoms with E-state index in [9.17, 15) is 4.79 Å². The second-order valence-electron chi connectivity index (χ2n) is 3.47. The van der Waals surface area contributed by atoms with Crippen LogP contribution < -0.4 is 16.4 Å². The molecular weight excluding hydrogens is 194 g/mol. The average molecular weight is 207 g/mol. The fourth-order valence-electron chi connectivity index (χ4n) is 1.51. The highest BCUT2D eigenvalue weighted by Gasteiger charge is 2.21. The molecule has 0 bridgehead atoms. The Balaban J connectivity index is 2.01. The van der Waals surface area contributed by atoms with Crippen molar-refractivity contribution in [3.63, 3.8) is 0 Å². The molecule has 0 saturated carbocycles. The minimum atomic E-state index is -0.211. The molecule has 1 aliphatic heterocycles. The van der Waals surface area contributed by atoms with Gasteiger partial charge < -0.3 is 16.4 Å². The first kappa shape index (κ1) is 9.70. The van der Waals surface area contributed by atoms with Crippen LogP contribution in [0.2, 0.25) is 0 Å². The van der Waals surface area contributed by atoms with Crippen molar-refractivity contribution in [3.8, 4) is 0 Å². The zero-order valence-electron chi connectivity index (χ0n) is 8.23. The van der Waals surface area contributed by atoms with Gasteiger partial charge in [0, 0.05) is 6.54 Å². The zero-order chi connectivity index (χ0) is 10.7. The number of carbonyl (C=O) groups is 1. The summed E-state index contributed by atoms with van der Waals surface area (Å²) in [4.78, 5) is 11.4. The second kappa shape index (κ2) is 4.12. The number of hydrogen-bond acceptors (Lipinski definition) is 5. The third-order valence-electron chi connectivity index (χ3n) is 2.29. The molecular formula is C9H13N5O. The smallest absolute Gasteiger partial charge is 0.242 e. The fourth-order valence-corrected chi connectivity index (χ4v) is 1.51. The Morgan fingerprint density at radius 3 is 3.00 bits per heavy atom. The van der Waals surface area contributed by atoms with Gasteiger partial charge in [-0.15, -0.1) is 10.2 Å². The van der Waals surface area contributed by atoms with E-state index in [1.165, 1.54) is 0 Å². The van der Waals surface area contributed by atoms with Crippen LogP contribution >= 0.6 is 0 Å². The minimum absolute atomic E-state index is 0.0138. The van der Waals surface area contributed by atoms with Crippen molar-refractivity contribution in [1.82, 2.24) is 15.5 Å². The molecule has 1 aromatic rings. The number of nitrogens with zero attached hydrogens (tertiary/aromatic N) is 2. The molecule has 1 atom stereocenters. The number of anilines is 2. The number of nitrogen functional groups attached to an aromatic ring is 1. The lowest BCUT2D eigenvalue weighted by Crippen LogP contribution is -2.44. The lowest BCUT2D eigenvalue weighted by atomic mass is 10.1. The number of rotatable bonds is 2. The predicted octanol–water partition coefficient (Wildman–Crippen LogP) is -0.251. The van der Waals surface area contributed by atoms with Crippen molar-refractivity contribution in [2.75, 3.05) is 17.6 Å². The van der Waals surface area contributed by atoms with Crippen LogP contribution in [0.15, 0.2) is 12.1 Å². The maximum absolute atomic E-state index is 11.4. The van der Waals surface area contributed by atoms with Crippen molar-refractivity contribution in [1.29, 1.82) is 0 Å². The van der Waals surface area contributed by atoms with Crippen LogP contribution in [-0.2, 0) is 4.79 Å². The summed E-state index contributed by atoms with van der Waals surface area (Å²) in [6.45, 7) is 0.754. The number of nitrogens with two attached hydrogens (primary N) is 1. The highest BCUT2D eigenvalue weighted by Crippen LogP contribution is 2.10. The molecule has 6 heteroatoms. The van der Waals surface area contributed by atoms with E-state index in [2.05, 4.69) is 20.8 Å². The van der Waals surface area contributed by atoms with Crippen LogP contribution in [0.5, 0.6) is 0 Å². The van der Waals surface area contributed by atoms with E-state index in [0.29, 0.717) is 11.6 Å². The van der Waals surface area contributed by atoms with Crippen LogP contribution in [0.1, 0.15) is 12.8 Å². The van der Waals surface area contributed by atoms with Gasteiger partial charge in [-0.2, -0.15) is 0 Å². The molecule has 2 heterocycles. The standard InChI is InChI=1S/C9H13N5O/c10-7-3-4-8(14-13-7)12-6-2-1-5-11-9(6)15/h3-4,6H,1-2,5H2,(H2,10,13)(H,11,15)(H,12,14). The van der Waals surface area contributed by atoms with Crippen LogP contribution in [-0.4, -0.2) is 28.7 Å². The number of hydrogen-bond donors (Lipinski definition) is 3. The van der Waals surface area contributed by atoms with Gasteiger partial charge in [-0.05, 0) is 25.0 Å². The molecule has 4 N–H and O–H groups in total. The summed E-state index contributed by atoms with van der Waals surface area (Å²) in [5.41, 5.74) is 5.41. The molecule has 1 aliphatic rings. The first-order chi connectivity index (χ1) is 7.25. The van der Waals surface area contributed by atoms with Gasteiger partial charge in [-0.1, -0.05) is 0 Å². The van der Waals surface area contributed by atoms with Crippen molar-refractivity contribution >= 4 is 17.5 Å². The predicted molar refractivity (Wildman–Crippen MR) is 56.1 cm³/mol. The molecule has 0 aromatic carbocycles. The molecule has 0 radical (unpaired) electrons. The van der Waals surface area contributed by atoms with E-state index in [4.69, 9.17) is 5.73 Å². The number of carbonyl (C=O) groups excluding carboxylic acids is 1. The van der Waals surface area contributed by atoms with Crippen molar-refractivity contribution in [3.05, 3.63) is 12.1 Å². The normalized spacial score (nSPS) is 20.8. The summed E-state index contributed by atoms with van der Waals surface area (Å²) in [5, 5.41) is 13.3. The first-order valence-corrected chi connectivity index (χ1v) is 4.89. The molecule has 0 spiro atoms. The fraction of sp³-hybridized carbons (Fsp3) is 0.444. The quantitative estimate of drug-likeness (QED) is 0.621. The van der Waals surface area contributed by atoms with E-state index < -0.39 is 0 Å². The van der Waals surface area contributed by atoms with Gasteiger partial charge in [0.05, 0.1) is 0 Å². The van der Waals surface area contributed by atoms with E-state index in [1.54, 1.807) is 12.1 Å². The van der Waals surface area contributed by atoms with Crippen LogP contribution in [0.4, 0.5) is 11.6 Å². The molecule has 1 amide bonds. The third kappa shape index (κ3) is 2.34. The van der Waals surface area contributed by atoms with E-state index in [-0.39, 0.29) is 11.9 Å². The van der Waals surface area contributed by atoms with Crippen molar-refractivity contribution in [2.45, 2.75) is 18.9 Å². The minimum Gasteiger partial charge on any atom is -0.382 e. The largest absolute Gasteiger partial charge is 0.382 e. The van der Waals surface area contributed by atoms with Crippen LogP contribution in [0.3, 0.4) is 0 Å². The Hall–Kier alpha value is -1.85. The number of amides is 1. The Morgan fingerprint density at radius 2 is 2.33 bits per heavy atom. The first-order valence-electron chi connectivity index (χ1n) is 4.89. The van der Waals surface area contributed by atoms with Crippen LogP contribution in [0.25, 0.3) is 0 Å². The number of aromatic nitrogens is 2. The van der Waals surface area contributed by atoms with Gasteiger partial charge in [-0.3, -0.25) is 4.79 Å². The molecule has 1 fully saturated rings. The number of piperidine rings is 1. The van der Waals surface area contributed by atoms with Gasteiger partial charge in [0.15, 0.2) is 0 Å². The Morgan fingerprint density at radius 1 is 1.47 bits per heavy atom.